The third-order valence-electron chi connectivity index (χ3n) is 5.48. The number of para-hydroxylation sites is 1. The molecule has 8 heteroatoms. The third kappa shape index (κ3) is 5.24. The Morgan fingerprint density at radius 3 is 2.67 bits per heavy atom. The molecule has 3 aromatic heterocycles. The number of benzene rings is 1. The first-order valence-electron chi connectivity index (χ1n) is 10.7. The smallest absolute Gasteiger partial charge is 0.271 e. The van der Waals surface area contributed by atoms with Crippen molar-refractivity contribution in [3.8, 4) is 11.6 Å². The number of aromatic hydroxyl groups is 1. The summed E-state index contributed by atoms with van der Waals surface area (Å²) in [4.78, 5) is 26.1. The fourth-order valence-corrected chi connectivity index (χ4v) is 3.75. The molecular weight excluding hydrogens is 416 g/mol. The van der Waals surface area contributed by atoms with Gasteiger partial charge < -0.3 is 15.7 Å². The number of pyridine rings is 2. The number of aromatic nitrogens is 4. The number of rotatable bonds is 8. The zero-order chi connectivity index (χ0) is 23.2. The zero-order valence-electron chi connectivity index (χ0n) is 18.5. The highest BCUT2D eigenvalue weighted by atomic mass is 16.3. The van der Waals surface area contributed by atoms with Crippen LogP contribution in [0.1, 0.15) is 45.8 Å². The van der Waals surface area contributed by atoms with Crippen LogP contribution in [0.15, 0.2) is 79.5 Å². The Labute approximate surface area is 192 Å². The van der Waals surface area contributed by atoms with E-state index in [0.717, 1.165) is 11.3 Å². The van der Waals surface area contributed by atoms with Gasteiger partial charge in [-0.1, -0.05) is 30.3 Å². The molecule has 3 heterocycles. The number of imidazole rings is 1. The lowest BCUT2D eigenvalue weighted by molar-refractivity contribution is 0.0927. The number of phenolic OH excluding ortho intramolecular Hbond substituents is 1. The van der Waals surface area contributed by atoms with Crippen LogP contribution in [0.2, 0.25) is 0 Å². The number of amides is 1. The summed E-state index contributed by atoms with van der Waals surface area (Å²) in [6, 6.07) is 16.0. The predicted octanol–water partition coefficient (Wildman–Crippen LogP) is 3.50. The monoisotopic (exact) mass is 442 g/mol. The van der Waals surface area contributed by atoms with Crippen LogP contribution in [-0.2, 0) is 0 Å². The van der Waals surface area contributed by atoms with Gasteiger partial charge in [-0.05, 0) is 50.2 Å². The molecule has 168 valence electrons. The van der Waals surface area contributed by atoms with Gasteiger partial charge in [-0.15, -0.1) is 0 Å². The average molecular weight is 443 g/mol. The molecule has 33 heavy (non-hydrogen) atoms. The number of carbonyl (C=O) groups excluding carboxylic acids is 1. The number of nitrogens with one attached hydrogen (secondary N) is 2. The number of aryl methyl sites for hydroxylation is 1. The van der Waals surface area contributed by atoms with Crippen molar-refractivity contribution in [1.82, 2.24) is 30.2 Å². The first kappa shape index (κ1) is 22.2. The molecule has 4 aromatic rings. The predicted molar refractivity (Wildman–Crippen MR) is 125 cm³/mol. The highest BCUT2D eigenvalue weighted by Gasteiger charge is 2.24. The lowest BCUT2D eigenvalue weighted by Gasteiger charge is -2.25. The van der Waals surface area contributed by atoms with E-state index >= 15 is 0 Å². The molecule has 4 rings (SSSR count). The highest BCUT2D eigenvalue weighted by molar-refractivity contribution is 5.92. The minimum absolute atomic E-state index is 0.0855. The van der Waals surface area contributed by atoms with E-state index < -0.39 is 6.04 Å². The quantitative estimate of drug-likeness (QED) is 0.386. The zero-order valence-corrected chi connectivity index (χ0v) is 18.5. The fourth-order valence-electron chi connectivity index (χ4n) is 3.75. The van der Waals surface area contributed by atoms with E-state index in [2.05, 4.69) is 25.6 Å². The van der Waals surface area contributed by atoms with Crippen molar-refractivity contribution in [2.24, 2.45) is 0 Å². The molecule has 0 aliphatic heterocycles. The Bertz CT molecular complexity index is 1220. The van der Waals surface area contributed by atoms with Crippen molar-refractivity contribution >= 4 is 5.91 Å². The maximum Gasteiger partial charge on any atom is 0.271 e. The molecule has 0 saturated carbocycles. The van der Waals surface area contributed by atoms with Crippen molar-refractivity contribution < 1.29 is 9.90 Å². The van der Waals surface area contributed by atoms with Gasteiger partial charge in [-0.2, -0.15) is 0 Å². The van der Waals surface area contributed by atoms with Crippen LogP contribution in [-0.4, -0.2) is 37.6 Å². The van der Waals surface area contributed by atoms with Gasteiger partial charge in [0.2, 0.25) is 0 Å². The average Bonchev–Trinajstić information content (AvgIpc) is 3.33. The molecule has 8 nitrogen and oxygen atoms in total. The summed E-state index contributed by atoms with van der Waals surface area (Å²) >= 11 is 0. The Hall–Kier alpha value is -4.04. The number of phenols is 1. The molecule has 0 saturated heterocycles. The van der Waals surface area contributed by atoms with E-state index in [-0.39, 0.29) is 23.4 Å². The van der Waals surface area contributed by atoms with Gasteiger partial charge in [0.1, 0.15) is 23.6 Å². The number of nitrogens with zero attached hydrogens (tertiary/aromatic N) is 4. The summed E-state index contributed by atoms with van der Waals surface area (Å²) in [6.07, 6.45) is 7.23. The first-order valence-corrected chi connectivity index (χ1v) is 10.7. The number of hydrogen-bond donors (Lipinski definition) is 3. The minimum Gasteiger partial charge on any atom is -0.508 e. The normalized spacial score (nSPS) is 12.8. The van der Waals surface area contributed by atoms with E-state index in [4.69, 9.17) is 0 Å². The molecule has 1 amide bonds. The highest BCUT2D eigenvalue weighted by Crippen LogP contribution is 2.31. The molecule has 0 spiro atoms. The molecule has 0 radical (unpaired) electrons. The second kappa shape index (κ2) is 10.1. The largest absolute Gasteiger partial charge is 0.508 e. The summed E-state index contributed by atoms with van der Waals surface area (Å²) in [5.41, 5.74) is 2.76. The van der Waals surface area contributed by atoms with Crippen molar-refractivity contribution in [3.05, 3.63) is 102 Å². The summed E-state index contributed by atoms with van der Waals surface area (Å²) in [5.74, 6) is 0.472. The van der Waals surface area contributed by atoms with E-state index in [0.29, 0.717) is 17.8 Å². The Balaban J connectivity index is 1.59. The van der Waals surface area contributed by atoms with E-state index in [9.17, 15) is 9.90 Å². The Kier molecular flexibility index (Phi) is 6.75. The van der Waals surface area contributed by atoms with E-state index in [1.165, 1.54) is 0 Å². The molecule has 0 aliphatic carbocycles. The van der Waals surface area contributed by atoms with Crippen LogP contribution in [0.4, 0.5) is 0 Å². The number of carbonyl (C=O) groups is 1. The maximum absolute atomic E-state index is 13.1. The van der Waals surface area contributed by atoms with Crippen molar-refractivity contribution in [2.45, 2.75) is 25.4 Å². The second-order valence-corrected chi connectivity index (χ2v) is 7.75. The van der Waals surface area contributed by atoms with Gasteiger partial charge in [0.25, 0.3) is 5.91 Å². The van der Waals surface area contributed by atoms with E-state index in [1.54, 1.807) is 41.6 Å². The fraction of sp³-hybridized carbons (Fsp3) is 0.200. The SMILES string of the molecule is CNC(CC(NC(=O)c1cn(-c2cccc(C)n2)cn1)c1ccccc1O)c1cccnc1. The topological polar surface area (TPSA) is 105 Å². The van der Waals surface area contributed by atoms with Crippen LogP contribution >= 0.6 is 0 Å². The minimum atomic E-state index is -0.460. The molecule has 2 atom stereocenters. The van der Waals surface area contributed by atoms with Gasteiger partial charge in [-0.3, -0.25) is 14.3 Å². The van der Waals surface area contributed by atoms with Crippen LogP contribution in [0.5, 0.6) is 5.75 Å². The Morgan fingerprint density at radius 2 is 1.94 bits per heavy atom. The van der Waals surface area contributed by atoms with Crippen LogP contribution in [0, 0.1) is 6.92 Å². The molecule has 0 aliphatic rings. The molecule has 0 bridgehead atoms. The first-order chi connectivity index (χ1) is 16.0. The van der Waals surface area contributed by atoms with Crippen LogP contribution in [0.3, 0.4) is 0 Å². The molecular formula is C25H26N6O2. The van der Waals surface area contributed by atoms with Gasteiger partial charge in [0, 0.05) is 35.9 Å². The van der Waals surface area contributed by atoms with Crippen molar-refractivity contribution in [1.29, 1.82) is 0 Å². The summed E-state index contributed by atoms with van der Waals surface area (Å²) in [5, 5.41) is 16.8. The lowest BCUT2D eigenvalue weighted by Crippen LogP contribution is -2.32. The van der Waals surface area contributed by atoms with Crippen LogP contribution < -0.4 is 10.6 Å². The summed E-state index contributed by atoms with van der Waals surface area (Å²) in [7, 11) is 1.86. The molecule has 2 unspecified atom stereocenters. The van der Waals surface area contributed by atoms with Gasteiger partial charge >= 0.3 is 0 Å². The van der Waals surface area contributed by atoms with Gasteiger partial charge in [-0.25, -0.2) is 9.97 Å². The van der Waals surface area contributed by atoms with Crippen LogP contribution in [0.25, 0.3) is 5.82 Å². The molecule has 3 N–H and O–H groups in total. The standard InChI is InChI=1S/C25H26N6O2/c1-17-7-5-11-24(29-17)31-15-22(28-16-31)25(33)30-21(19-9-3-4-10-23(19)32)13-20(26-2)18-8-6-12-27-14-18/h3-12,14-16,20-21,26,32H,13H2,1-2H3,(H,30,33). The third-order valence-corrected chi connectivity index (χ3v) is 5.48. The van der Waals surface area contributed by atoms with E-state index in [1.807, 2.05) is 56.4 Å². The second-order valence-electron chi connectivity index (χ2n) is 7.75. The maximum atomic E-state index is 13.1. The molecule has 1 aromatic carbocycles. The van der Waals surface area contributed by atoms with Gasteiger partial charge in [0.15, 0.2) is 0 Å². The lowest BCUT2D eigenvalue weighted by atomic mass is 9.95. The van der Waals surface area contributed by atoms with Crippen molar-refractivity contribution in [2.75, 3.05) is 7.05 Å². The van der Waals surface area contributed by atoms with Gasteiger partial charge in [0.05, 0.1) is 6.04 Å². The van der Waals surface area contributed by atoms with Crippen molar-refractivity contribution in [3.63, 3.8) is 0 Å². The molecule has 0 fully saturated rings. The number of hydrogen-bond acceptors (Lipinski definition) is 6. The summed E-state index contributed by atoms with van der Waals surface area (Å²) < 4.78 is 1.71. The summed E-state index contributed by atoms with van der Waals surface area (Å²) in [6.45, 7) is 1.91. The Morgan fingerprint density at radius 1 is 1.09 bits per heavy atom.